The van der Waals surface area contributed by atoms with Crippen molar-refractivity contribution in [3.63, 3.8) is 0 Å². The zero-order chi connectivity index (χ0) is 30.9. The third-order valence-electron chi connectivity index (χ3n) is 10.1. The lowest BCUT2D eigenvalue weighted by molar-refractivity contribution is -0.299. The molecular formula is C30H40O11. The highest BCUT2D eigenvalue weighted by molar-refractivity contribution is 6.07. The highest BCUT2D eigenvalue weighted by Gasteiger charge is 2.85. The van der Waals surface area contributed by atoms with Gasteiger partial charge in [0.15, 0.2) is 17.5 Å². The fraction of sp³-hybridized carbons (Fsp3) is 0.733. The van der Waals surface area contributed by atoms with Crippen LogP contribution >= 0.6 is 0 Å². The van der Waals surface area contributed by atoms with Crippen molar-refractivity contribution < 1.29 is 52.5 Å². The van der Waals surface area contributed by atoms with Gasteiger partial charge in [-0.05, 0) is 30.6 Å². The maximum Gasteiger partial charge on any atom is 0.303 e. The van der Waals surface area contributed by atoms with Gasteiger partial charge in [0.25, 0.3) is 0 Å². The quantitative estimate of drug-likeness (QED) is 0.270. The van der Waals surface area contributed by atoms with Gasteiger partial charge in [-0.15, -0.1) is 0 Å². The first-order valence-corrected chi connectivity index (χ1v) is 14.0. The SMILES string of the molecule is C=C1C(=O)C23C(C(OC(C)=O)C[C@]1(OC(C)=O)C2OC(C)=O)[C@]1(C)C(OC(C)=O)CCC(C)(C)C1C[C@H]3OC(C)=O. The van der Waals surface area contributed by atoms with Gasteiger partial charge in [0.1, 0.15) is 23.7 Å². The third kappa shape index (κ3) is 4.37. The van der Waals surface area contributed by atoms with Crippen molar-refractivity contribution in [3.05, 3.63) is 12.2 Å². The number of Topliss-reactive ketones (excluding diaryl/α,β-unsaturated/α-hetero) is 1. The lowest BCUT2D eigenvalue weighted by atomic mass is 9.38. The second-order valence-electron chi connectivity index (χ2n) is 12.9. The van der Waals surface area contributed by atoms with E-state index >= 15 is 0 Å². The Morgan fingerprint density at radius 2 is 1.32 bits per heavy atom. The predicted molar refractivity (Wildman–Crippen MR) is 141 cm³/mol. The fourth-order valence-electron chi connectivity index (χ4n) is 9.09. The van der Waals surface area contributed by atoms with Crippen LogP contribution in [0.15, 0.2) is 12.2 Å². The van der Waals surface area contributed by atoms with Gasteiger partial charge in [-0.25, -0.2) is 0 Å². The number of hydrogen-bond donors (Lipinski definition) is 0. The van der Waals surface area contributed by atoms with Gasteiger partial charge in [-0.2, -0.15) is 0 Å². The molecule has 41 heavy (non-hydrogen) atoms. The average molecular weight is 577 g/mol. The summed E-state index contributed by atoms with van der Waals surface area (Å²) in [5, 5.41) is 0. The van der Waals surface area contributed by atoms with Crippen molar-refractivity contribution >= 4 is 35.6 Å². The van der Waals surface area contributed by atoms with Crippen LogP contribution in [-0.4, -0.2) is 65.6 Å². The Morgan fingerprint density at radius 1 is 0.780 bits per heavy atom. The van der Waals surface area contributed by atoms with Gasteiger partial charge in [0.05, 0.1) is 0 Å². The normalized spacial score (nSPS) is 40.4. The van der Waals surface area contributed by atoms with Gasteiger partial charge in [-0.1, -0.05) is 27.4 Å². The van der Waals surface area contributed by atoms with Crippen LogP contribution in [0, 0.1) is 28.1 Å². The van der Waals surface area contributed by atoms with Crippen LogP contribution in [0.2, 0.25) is 0 Å². The van der Waals surface area contributed by atoms with E-state index < -0.39 is 82.4 Å². The number of carbonyl (C=O) groups is 6. The number of fused-ring (bicyclic) bond motifs is 3. The first kappa shape index (κ1) is 30.7. The summed E-state index contributed by atoms with van der Waals surface area (Å²) >= 11 is 0. The summed E-state index contributed by atoms with van der Waals surface area (Å²) in [7, 11) is 0. The van der Waals surface area contributed by atoms with Crippen molar-refractivity contribution in [1.82, 2.24) is 0 Å². The fourth-order valence-corrected chi connectivity index (χ4v) is 9.09. The summed E-state index contributed by atoms with van der Waals surface area (Å²) in [6.45, 7) is 16.1. The molecule has 0 saturated heterocycles. The molecule has 2 bridgehead atoms. The van der Waals surface area contributed by atoms with Crippen LogP contribution < -0.4 is 0 Å². The molecule has 4 saturated carbocycles. The van der Waals surface area contributed by atoms with E-state index in [9.17, 15) is 28.8 Å². The smallest absolute Gasteiger partial charge is 0.303 e. The molecule has 9 atom stereocenters. The molecule has 0 heterocycles. The molecule has 0 amide bonds. The van der Waals surface area contributed by atoms with Crippen LogP contribution in [0.1, 0.15) is 81.1 Å². The molecule has 0 radical (unpaired) electrons. The van der Waals surface area contributed by atoms with E-state index in [4.69, 9.17) is 23.7 Å². The second-order valence-corrected chi connectivity index (χ2v) is 12.9. The number of rotatable bonds is 5. The number of ether oxygens (including phenoxy) is 5. The van der Waals surface area contributed by atoms with Gasteiger partial charge < -0.3 is 23.7 Å². The topological polar surface area (TPSA) is 149 Å². The lowest BCUT2D eigenvalue weighted by Gasteiger charge is -2.68. The van der Waals surface area contributed by atoms with E-state index in [1.807, 2.05) is 6.92 Å². The van der Waals surface area contributed by atoms with Crippen LogP contribution in [0.4, 0.5) is 0 Å². The monoisotopic (exact) mass is 576 g/mol. The summed E-state index contributed by atoms with van der Waals surface area (Å²) in [5.41, 5.74) is -5.30. The summed E-state index contributed by atoms with van der Waals surface area (Å²) in [5.74, 6) is -5.25. The van der Waals surface area contributed by atoms with Crippen molar-refractivity contribution in [1.29, 1.82) is 0 Å². The van der Waals surface area contributed by atoms with Crippen molar-refractivity contribution in [2.45, 2.75) is 111 Å². The Morgan fingerprint density at radius 3 is 1.83 bits per heavy atom. The molecule has 0 N–H and O–H groups in total. The molecule has 4 rings (SSSR count). The van der Waals surface area contributed by atoms with Crippen molar-refractivity contribution in [2.75, 3.05) is 0 Å². The summed E-state index contributed by atoms with van der Waals surface area (Å²) < 4.78 is 29.5. The lowest BCUT2D eigenvalue weighted by Crippen LogP contribution is -2.76. The minimum Gasteiger partial charge on any atom is -0.462 e. The average Bonchev–Trinajstić information content (AvgIpc) is 2.91. The van der Waals surface area contributed by atoms with Crippen LogP contribution in [0.3, 0.4) is 0 Å². The molecule has 4 fully saturated rings. The highest BCUT2D eigenvalue weighted by atomic mass is 16.6. The largest absolute Gasteiger partial charge is 0.462 e. The van der Waals surface area contributed by atoms with Crippen LogP contribution in [-0.2, 0) is 52.5 Å². The molecule has 0 aromatic rings. The Labute approximate surface area is 239 Å². The highest BCUT2D eigenvalue weighted by Crippen LogP contribution is 2.74. The molecule has 0 aliphatic heterocycles. The molecule has 11 heteroatoms. The first-order chi connectivity index (χ1) is 18.8. The Hall–Kier alpha value is -3.24. The van der Waals surface area contributed by atoms with E-state index in [2.05, 4.69) is 20.4 Å². The Bertz CT molecular complexity index is 1220. The van der Waals surface area contributed by atoms with Gasteiger partial charge >= 0.3 is 29.8 Å². The van der Waals surface area contributed by atoms with E-state index in [1.54, 1.807) is 0 Å². The van der Waals surface area contributed by atoms with E-state index in [0.29, 0.717) is 12.8 Å². The number of carbonyl (C=O) groups excluding carboxylic acids is 6. The Kier molecular flexibility index (Phi) is 7.45. The summed E-state index contributed by atoms with van der Waals surface area (Å²) in [6.07, 6.45) is -3.36. The molecule has 11 nitrogen and oxygen atoms in total. The third-order valence-corrected chi connectivity index (χ3v) is 10.1. The Balaban J connectivity index is 2.13. The minimum atomic E-state index is -1.88. The summed E-state index contributed by atoms with van der Waals surface area (Å²) in [4.78, 5) is 77.5. The van der Waals surface area contributed by atoms with Crippen LogP contribution in [0.5, 0.6) is 0 Å². The maximum absolute atomic E-state index is 14.7. The van der Waals surface area contributed by atoms with Crippen molar-refractivity contribution in [3.8, 4) is 0 Å². The molecular weight excluding hydrogens is 536 g/mol. The summed E-state index contributed by atoms with van der Waals surface area (Å²) in [6, 6.07) is 0. The predicted octanol–water partition coefficient (Wildman–Crippen LogP) is 3.01. The van der Waals surface area contributed by atoms with Crippen LogP contribution in [0.25, 0.3) is 0 Å². The minimum absolute atomic E-state index is 0.142. The molecule has 4 aliphatic carbocycles. The number of ketones is 1. The van der Waals surface area contributed by atoms with E-state index in [1.165, 1.54) is 20.8 Å². The van der Waals surface area contributed by atoms with Crippen molar-refractivity contribution in [2.24, 2.45) is 28.1 Å². The second kappa shape index (κ2) is 9.94. The standard InChI is InChI=1S/C30H40O11/c1-14-25(36)30-23(39-17(4)33)12-21-27(7,8)11-10-22(38-16(3)32)28(21,9)24(30)20(37-15(2)31)13-29(14,41-19(6)35)26(30)40-18(5)34/h20-24,26H,1,10-13H2,2-9H3/t20?,21?,22?,23-,24?,26?,28+,29-,30?/m1/s1. The van der Waals surface area contributed by atoms with E-state index in [-0.39, 0.29) is 29.7 Å². The zero-order valence-electron chi connectivity index (χ0n) is 25.0. The molecule has 226 valence electrons. The van der Waals surface area contributed by atoms with E-state index in [0.717, 1.165) is 13.8 Å². The van der Waals surface area contributed by atoms with Gasteiger partial charge in [0.2, 0.25) is 0 Å². The van der Waals surface area contributed by atoms with Gasteiger partial charge in [0, 0.05) is 57.9 Å². The number of esters is 5. The molecule has 1 spiro atoms. The molecule has 0 aromatic carbocycles. The zero-order valence-corrected chi connectivity index (χ0v) is 25.0. The maximum atomic E-state index is 14.7. The molecule has 6 unspecified atom stereocenters. The number of hydrogen-bond acceptors (Lipinski definition) is 11. The first-order valence-electron chi connectivity index (χ1n) is 14.0. The molecule has 4 aliphatic rings. The van der Waals surface area contributed by atoms with Gasteiger partial charge in [-0.3, -0.25) is 28.8 Å². The molecule has 0 aromatic heterocycles.